The first-order chi connectivity index (χ1) is 5.57. The molecule has 1 N–H and O–H groups in total. The monoisotopic (exact) mass is 173 g/mol. The molecule has 1 aliphatic heterocycles. The van der Waals surface area contributed by atoms with E-state index in [1.165, 1.54) is 14.0 Å². The van der Waals surface area contributed by atoms with Crippen LogP contribution in [0.2, 0.25) is 0 Å². The van der Waals surface area contributed by atoms with Crippen LogP contribution in [0.3, 0.4) is 0 Å². The highest BCUT2D eigenvalue weighted by Crippen LogP contribution is 2.22. The largest absolute Gasteiger partial charge is 0.467 e. The van der Waals surface area contributed by atoms with Gasteiger partial charge in [-0.05, 0) is 6.92 Å². The minimum absolute atomic E-state index is 0.136. The van der Waals surface area contributed by atoms with Crippen LogP contribution in [0, 0.1) is 0 Å². The maximum atomic E-state index is 10.9. The summed E-state index contributed by atoms with van der Waals surface area (Å²) in [6, 6.07) is -0.595. The molecular weight excluding hydrogens is 162 g/mol. The molecule has 0 aliphatic carbocycles. The standard InChI is InChI=1S/C7H11NO4/c1-4(9)8-5(3-6(8)10)7(11)12-2/h4-5,9H,3H2,1-2H3. The first kappa shape index (κ1) is 8.99. The minimum Gasteiger partial charge on any atom is -0.467 e. The number of carbonyl (C=O) groups excluding carboxylic acids is 2. The van der Waals surface area contributed by atoms with E-state index >= 15 is 0 Å². The molecule has 12 heavy (non-hydrogen) atoms. The van der Waals surface area contributed by atoms with Crippen LogP contribution in [0.25, 0.3) is 0 Å². The van der Waals surface area contributed by atoms with Crippen molar-refractivity contribution < 1.29 is 19.4 Å². The van der Waals surface area contributed by atoms with E-state index in [9.17, 15) is 9.59 Å². The second-order valence-electron chi connectivity index (χ2n) is 2.68. The Bertz CT molecular complexity index is 213. The van der Waals surface area contributed by atoms with E-state index in [1.807, 2.05) is 0 Å². The molecule has 1 rings (SSSR count). The molecule has 0 saturated carbocycles. The van der Waals surface area contributed by atoms with Crippen molar-refractivity contribution in [2.24, 2.45) is 0 Å². The van der Waals surface area contributed by atoms with Crippen LogP contribution in [0.5, 0.6) is 0 Å². The van der Waals surface area contributed by atoms with Crippen LogP contribution in [-0.2, 0) is 14.3 Å². The molecule has 1 aliphatic rings. The molecule has 2 atom stereocenters. The van der Waals surface area contributed by atoms with Gasteiger partial charge in [0.05, 0.1) is 13.5 Å². The maximum Gasteiger partial charge on any atom is 0.329 e. The van der Waals surface area contributed by atoms with Crippen molar-refractivity contribution in [1.29, 1.82) is 0 Å². The maximum absolute atomic E-state index is 10.9. The van der Waals surface area contributed by atoms with E-state index < -0.39 is 18.2 Å². The number of aliphatic hydroxyl groups is 1. The van der Waals surface area contributed by atoms with Crippen molar-refractivity contribution in [2.75, 3.05) is 7.11 Å². The Labute approximate surface area is 69.9 Å². The van der Waals surface area contributed by atoms with E-state index in [4.69, 9.17) is 5.11 Å². The van der Waals surface area contributed by atoms with Crippen LogP contribution in [-0.4, -0.2) is 41.3 Å². The predicted molar refractivity (Wildman–Crippen MR) is 38.9 cm³/mol. The lowest BCUT2D eigenvalue weighted by Gasteiger charge is -2.40. The Balaban J connectivity index is 2.60. The average molecular weight is 173 g/mol. The second-order valence-corrected chi connectivity index (χ2v) is 2.68. The highest BCUT2D eigenvalue weighted by molar-refractivity contribution is 5.95. The summed E-state index contributed by atoms with van der Waals surface area (Å²) in [6.07, 6.45) is -0.784. The molecule has 5 heteroatoms. The zero-order chi connectivity index (χ0) is 9.30. The lowest BCUT2D eigenvalue weighted by molar-refractivity contribution is -0.176. The first-order valence-corrected chi connectivity index (χ1v) is 3.65. The molecule has 0 bridgehead atoms. The smallest absolute Gasteiger partial charge is 0.329 e. The van der Waals surface area contributed by atoms with Crippen LogP contribution < -0.4 is 0 Å². The number of rotatable bonds is 2. The van der Waals surface area contributed by atoms with Crippen molar-refractivity contribution in [2.45, 2.75) is 25.6 Å². The molecule has 5 nitrogen and oxygen atoms in total. The van der Waals surface area contributed by atoms with Gasteiger partial charge in [0.25, 0.3) is 0 Å². The number of hydrogen-bond acceptors (Lipinski definition) is 4. The number of β-lactam (4-membered cyclic amide) rings is 1. The molecule has 0 aromatic rings. The van der Waals surface area contributed by atoms with Crippen molar-refractivity contribution in [3.8, 4) is 0 Å². The van der Waals surface area contributed by atoms with Gasteiger partial charge in [-0.25, -0.2) is 4.79 Å². The van der Waals surface area contributed by atoms with Crippen molar-refractivity contribution in [1.82, 2.24) is 4.90 Å². The number of esters is 1. The number of methoxy groups -OCH3 is 1. The van der Waals surface area contributed by atoms with E-state index in [1.54, 1.807) is 0 Å². The summed E-state index contributed by atoms with van der Waals surface area (Å²) in [7, 11) is 1.26. The predicted octanol–water partition coefficient (Wildman–Crippen LogP) is -0.901. The molecule has 1 saturated heterocycles. The van der Waals surface area contributed by atoms with Gasteiger partial charge in [-0.15, -0.1) is 0 Å². The van der Waals surface area contributed by atoms with Crippen molar-refractivity contribution in [3.63, 3.8) is 0 Å². The number of hydrogen-bond donors (Lipinski definition) is 1. The van der Waals surface area contributed by atoms with E-state index in [2.05, 4.69) is 4.74 Å². The highest BCUT2D eigenvalue weighted by atomic mass is 16.5. The Kier molecular flexibility index (Phi) is 2.32. The van der Waals surface area contributed by atoms with Crippen LogP contribution >= 0.6 is 0 Å². The van der Waals surface area contributed by atoms with E-state index in [0.29, 0.717) is 0 Å². The fourth-order valence-corrected chi connectivity index (χ4v) is 1.23. The van der Waals surface area contributed by atoms with Gasteiger partial charge in [-0.2, -0.15) is 0 Å². The number of ether oxygens (including phenoxy) is 1. The molecule has 0 radical (unpaired) electrons. The van der Waals surface area contributed by atoms with Gasteiger partial charge in [0, 0.05) is 0 Å². The number of amides is 1. The summed E-state index contributed by atoms with van der Waals surface area (Å²) >= 11 is 0. The third-order valence-electron chi connectivity index (χ3n) is 1.87. The molecule has 2 unspecified atom stereocenters. The van der Waals surface area contributed by atoms with Gasteiger partial charge in [-0.1, -0.05) is 0 Å². The number of likely N-dealkylation sites (tertiary alicyclic amines) is 1. The summed E-state index contributed by atoms with van der Waals surface area (Å²) in [5, 5.41) is 9.05. The van der Waals surface area contributed by atoms with Crippen LogP contribution in [0.15, 0.2) is 0 Å². The SMILES string of the molecule is COC(=O)C1CC(=O)N1C(C)O. The average Bonchev–Trinajstić information content (AvgIpc) is 1.97. The lowest BCUT2D eigenvalue weighted by atomic mass is 10.0. The fraction of sp³-hybridized carbons (Fsp3) is 0.714. The molecular formula is C7H11NO4. The third-order valence-corrected chi connectivity index (χ3v) is 1.87. The number of carbonyl (C=O) groups is 2. The number of nitrogens with zero attached hydrogens (tertiary/aromatic N) is 1. The summed E-state index contributed by atoms with van der Waals surface area (Å²) in [5.74, 6) is -0.698. The number of aliphatic hydroxyl groups excluding tert-OH is 1. The first-order valence-electron chi connectivity index (χ1n) is 3.65. The second kappa shape index (κ2) is 3.10. The molecule has 0 aromatic carbocycles. The summed E-state index contributed by atoms with van der Waals surface area (Å²) in [4.78, 5) is 22.9. The summed E-state index contributed by atoms with van der Waals surface area (Å²) in [6.45, 7) is 1.44. The van der Waals surface area contributed by atoms with Crippen LogP contribution in [0.4, 0.5) is 0 Å². The van der Waals surface area contributed by atoms with Gasteiger partial charge in [-0.3, -0.25) is 4.79 Å². The molecule has 0 aromatic heterocycles. The topological polar surface area (TPSA) is 66.8 Å². The normalized spacial score (nSPS) is 24.8. The zero-order valence-electron chi connectivity index (χ0n) is 6.98. The van der Waals surface area contributed by atoms with Gasteiger partial charge >= 0.3 is 5.97 Å². The van der Waals surface area contributed by atoms with Gasteiger partial charge in [0.1, 0.15) is 12.3 Å². The Hall–Kier alpha value is -1.10. The third kappa shape index (κ3) is 1.27. The van der Waals surface area contributed by atoms with Crippen molar-refractivity contribution >= 4 is 11.9 Å². The van der Waals surface area contributed by atoms with Crippen molar-refractivity contribution in [3.05, 3.63) is 0 Å². The zero-order valence-corrected chi connectivity index (χ0v) is 6.98. The Morgan fingerprint density at radius 3 is 2.75 bits per heavy atom. The van der Waals surface area contributed by atoms with Crippen LogP contribution in [0.1, 0.15) is 13.3 Å². The molecule has 1 amide bonds. The molecule has 68 valence electrons. The van der Waals surface area contributed by atoms with E-state index in [0.717, 1.165) is 4.90 Å². The summed E-state index contributed by atoms with van der Waals surface area (Å²) < 4.78 is 4.44. The molecule has 1 fully saturated rings. The minimum atomic E-state index is -0.921. The Morgan fingerprint density at radius 1 is 1.83 bits per heavy atom. The van der Waals surface area contributed by atoms with Gasteiger partial charge in [0.15, 0.2) is 0 Å². The molecule has 0 spiro atoms. The highest BCUT2D eigenvalue weighted by Gasteiger charge is 2.44. The summed E-state index contributed by atoms with van der Waals surface area (Å²) in [5.41, 5.74) is 0. The molecule has 1 heterocycles. The van der Waals surface area contributed by atoms with E-state index in [-0.39, 0.29) is 12.3 Å². The Morgan fingerprint density at radius 2 is 2.42 bits per heavy atom. The quantitative estimate of drug-likeness (QED) is 0.434. The lowest BCUT2D eigenvalue weighted by Crippen LogP contribution is -2.60. The fourth-order valence-electron chi connectivity index (χ4n) is 1.23. The van der Waals surface area contributed by atoms with Gasteiger partial charge in [0.2, 0.25) is 5.91 Å². The van der Waals surface area contributed by atoms with Gasteiger partial charge < -0.3 is 14.7 Å².